The highest BCUT2D eigenvalue weighted by Gasteiger charge is 2.18. The zero-order chi connectivity index (χ0) is 22.4. The Bertz CT molecular complexity index is 1130. The quantitative estimate of drug-likeness (QED) is 0.439. The number of nitrogens with two attached hydrogens (primary N) is 1. The molecule has 11 nitrogen and oxygen atoms in total. The third-order valence-electron chi connectivity index (χ3n) is 4.40. The van der Waals surface area contributed by atoms with E-state index in [1.807, 2.05) is 0 Å². The van der Waals surface area contributed by atoms with Crippen molar-refractivity contribution in [3.8, 4) is 17.2 Å². The second kappa shape index (κ2) is 9.65. The molecule has 0 fully saturated rings. The van der Waals surface area contributed by atoms with Crippen molar-refractivity contribution in [2.24, 2.45) is 5.73 Å². The van der Waals surface area contributed by atoms with Crippen LogP contribution in [0, 0.1) is 0 Å². The highest BCUT2D eigenvalue weighted by Crippen LogP contribution is 2.38. The fourth-order valence-corrected chi connectivity index (χ4v) is 2.94. The van der Waals surface area contributed by atoms with E-state index in [4.69, 9.17) is 19.9 Å². The van der Waals surface area contributed by atoms with Gasteiger partial charge in [0.2, 0.25) is 5.75 Å². The van der Waals surface area contributed by atoms with Gasteiger partial charge in [-0.25, -0.2) is 9.48 Å². The fraction of sp³-hybridized carbons (Fsp3) is 0.300. The summed E-state index contributed by atoms with van der Waals surface area (Å²) in [6, 6.07) is 8.26. The molecule has 0 spiro atoms. The van der Waals surface area contributed by atoms with Crippen molar-refractivity contribution in [3.05, 3.63) is 52.6 Å². The van der Waals surface area contributed by atoms with E-state index < -0.39 is 5.91 Å². The van der Waals surface area contributed by atoms with Gasteiger partial charge in [-0.15, -0.1) is 5.10 Å². The van der Waals surface area contributed by atoms with Gasteiger partial charge in [0, 0.05) is 24.8 Å². The van der Waals surface area contributed by atoms with E-state index in [0.717, 1.165) is 0 Å². The molecule has 2 heterocycles. The molecule has 0 saturated carbocycles. The minimum Gasteiger partial charge on any atom is -0.493 e. The van der Waals surface area contributed by atoms with Gasteiger partial charge in [0.15, 0.2) is 23.8 Å². The first kappa shape index (κ1) is 21.7. The van der Waals surface area contributed by atoms with E-state index in [-0.39, 0.29) is 41.0 Å². The third kappa shape index (κ3) is 4.94. The predicted molar refractivity (Wildman–Crippen MR) is 111 cm³/mol. The van der Waals surface area contributed by atoms with Crippen LogP contribution in [-0.2, 0) is 11.3 Å². The lowest BCUT2D eigenvalue weighted by Gasteiger charge is -2.15. The lowest BCUT2D eigenvalue weighted by molar-refractivity contribution is -0.120. The maximum atomic E-state index is 12.6. The van der Waals surface area contributed by atoms with Gasteiger partial charge in [0.1, 0.15) is 0 Å². The van der Waals surface area contributed by atoms with Crippen LogP contribution in [0.25, 0.3) is 5.65 Å². The van der Waals surface area contributed by atoms with Crippen LogP contribution in [0.4, 0.5) is 0 Å². The third-order valence-corrected chi connectivity index (χ3v) is 4.40. The van der Waals surface area contributed by atoms with Crippen LogP contribution in [0.15, 0.2) is 41.3 Å². The van der Waals surface area contributed by atoms with Crippen LogP contribution in [0.2, 0.25) is 0 Å². The average molecular weight is 429 g/mol. The monoisotopic (exact) mass is 429 g/mol. The Morgan fingerprint density at radius 2 is 1.87 bits per heavy atom. The second-order valence-corrected chi connectivity index (χ2v) is 6.51. The molecule has 0 aliphatic carbocycles. The Hall–Kier alpha value is -4.02. The van der Waals surface area contributed by atoms with Gasteiger partial charge in [-0.2, -0.15) is 0 Å². The summed E-state index contributed by atoms with van der Waals surface area (Å²) >= 11 is 0. The molecule has 0 bridgehead atoms. The number of nitrogens with one attached hydrogen (secondary N) is 1. The molecule has 3 rings (SSSR count). The van der Waals surface area contributed by atoms with Crippen molar-refractivity contribution in [2.45, 2.75) is 13.0 Å². The van der Waals surface area contributed by atoms with E-state index in [9.17, 15) is 14.4 Å². The van der Waals surface area contributed by atoms with Crippen LogP contribution < -0.4 is 31.0 Å². The van der Waals surface area contributed by atoms with Crippen molar-refractivity contribution in [3.63, 3.8) is 0 Å². The number of ether oxygens (including phenoxy) is 3. The first-order valence-corrected chi connectivity index (χ1v) is 9.44. The number of pyridine rings is 1. The topological polar surface area (TPSA) is 139 Å². The molecule has 3 N–H and O–H groups in total. The van der Waals surface area contributed by atoms with Crippen molar-refractivity contribution in [1.29, 1.82) is 0 Å². The molecule has 0 radical (unpaired) electrons. The fourth-order valence-electron chi connectivity index (χ4n) is 2.94. The summed E-state index contributed by atoms with van der Waals surface area (Å²) in [4.78, 5) is 35.8. The maximum absolute atomic E-state index is 12.6. The summed E-state index contributed by atoms with van der Waals surface area (Å²) in [5.74, 6) is -0.397. The number of methoxy groups -OCH3 is 2. The number of hydrogen-bond acceptors (Lipinski definition) is 7. The van der Waals surface area contributed by atoms with Crippen LogP contribution in [0.1, 0.15) is 16.8 Å². The molecule has 0 unspecified atom stereocenters. The Labute approximate surface area is 177 Å². The molecular weight excluding hydrogens is 406 g/mol. The smallest absolute Gasteiger partial charge is 0.350 e. The number of primary amides is 1. The SMILES string of the molecule is COc1cc(C(=O)NCCCn2nc3ccccn3c2=O)cc(OC)c1OCC(N)=O. The number of benzene rings is 1. The number of rotatable bonds is 10. The summed E-state index contributed by atoms with van der Waals surface area (Å²) in [5, 5.41) is 7.03. The number of aryl methyl sites for hydroxylation is 1. The van der Waals surface area contributed by atoms with Crippen molar-refractivity contribution >= 4 is 17.5 Å². The van der Waals surface area contributed by atoms with Crippen LogP contribution >= 0.6 is 0 Å². The second-order valence-electron chi connectivity index (χ2n) is 6.51. The van der Waals surface area contributed by atoms with Crippen molar-refractivity contribution in [1.82, 2.24) is 19.5 Å². The summed E-state index contributed by atoms with van der Waals surface area (Å²) < 4.78 is 18.7. The first-order valence-electron chi connectivity index (χ1n) is 9.44. The number of nitrogens with zero attached hydrogens (tertiary/aromatic N) is 3. The van der Waals surface area contributed by atoms with E-state index in [0.29, 0.717) is 25.2 Å². The van der Waals surface area contributed by atoms with Gasteiger partial charge in [-0.1, -0.05) is 6.07 Å². The zero-order valence-corrected chi connectivity index (χ0v) is 17.2. The zero-order valence-electron chi connectivity index (χ0n) is 17.2. The standard InChI is InChI=1S/C20H23N5O6/c1-29-14-10-13(11-15(30-2)18(14)31-12-16(21)26)19(27)22-7-5-9-25-20(28)24-8-4-3-6-17(24)23-25/h3-4,6,8,10-11H,5,7,9,12H2,1-2H3,(H2,21,26)(H,22,27). The Balaban J connectivity index is 1.63. The normalized spacial score (nSPS) is 10.6. The lowest BCUT2D eigenvalue weighted by Crippen LogP contribution is -2.27. The molecule has 11 heteroatoms. The molecule has 164 valence electrons. The maximum Gasteiger partial charge on any atom is 0.350 e. The highest BCUT2D eigenvalue weighted by molar-refractivity contribution is 5.95. The molecule has 2 amide bonds. The van der Waals surface area contributed by atoms with E-state index >= 15 is 0 Å². The molecule has 2 aromatic heterocycles. The summed E-state index contributed by atoms with van der Waals surface area (Å²) in [5.41, 5.74) is 5.72. The number of carbonyl (C=O) groups is 2. The Morgan fingerprint density at radius 3 is 2.48 bits per heavy atom. The highest BCUT2D eigenvalue weighted by atomic mass is 16.5. The van der Waals surface area contributed by atoms with Crippen LogP contribution in [0.3, 0.4) is 0 Å². The van der Waals surface area contributed by atoms with Crippen molar-refractivity contribution in [2.75, 3.05) is 27.4 Å². The molecule has 0 aliphatic heterocycles. The van der Waals surface area contributed by atoms with Crippen molar-refractivity contribution < 1.29 is 23.8 Å². The molecule has 1 aromatic carbocycles. The van der Waals surface area contributed by atoms with E-state index in [1.165, 1.54) is 35.4 Å². The van der Waals surface area contributed by atoms with Gasteiger partial charge in [0.05, 0.1) is 14.2 Å². The van der Waals surface area contributed by atoms with E-state index in [2.05, 4.69) is 10.4 Å². The van der Waals surface area contributed by atoms with Gasteiger partial charge < -0.3 is 25.3 Å². The average Bonchev–Trinajstić information content (AvgIpc) is 3.10. The Kier molecular flexibility index (Phi) is 6.75. The van der Waals surface area contributed by atoms with E-state index in [1.54, 1.807) is 24.4 Å². The predicted octanol–water partition coefficient (Wildman–Crippen LogP) is 0.197. The van der Waals surface area contributed by atoms with Gasteiger partial charge in [-0.3, -0.25) is 14.0 Å². The minimum absolute atomic E-state index is 0.173. The molecule has 0 saturated heterocycles. The molecule has 0 aliphatic rings. The number of aromatic nitrogens is 3. The number of hydrogen-bond donors (Lipinski definition) is 2. The largest absolute Gasteiger partial charge is 0.493 e. The molecular formula is C20H23N5O6. The molecule has 0 atom stereocenters. The van der Waals surface area contributed by atoms with Gasteiger partial charge in [0.25, 0.3) is 11.8 Å². The number of carbonyl (C=O) groups excluding carboxylic acids is 2. The number of amides is 2. The summed E-state index contributed by atoms with van der Waals surface area (Å²) in [6.45, 7) is 0.317. The summed E-state index contributed by atoms with van der Waals surface area (Å²) in [7, 11) is 2.81. The van der Waals surface area contributed by atoms with Crippen LogP contribution in [-0.4, -0.2) is 53.4 Å². The lowest BCUT2D eigenvalue weighted by atomic mass is 10.1. The van der Waals surface area contributed by atoms with Gasteiger partial charge >= 0.3 is 5.69 Å². The van der Waals surface area contributed by atoms with Crippen LogP contribution in [0.5, 0.6) is 17.2 Å². The van der Waals surface area contributed by atoms with Gasteiger partial charge in [-0.05, 0) is 30.7 Å². The number of fused-ring (bicyclic) bond motifs is 1. The molecule has 3 aromatic rings. The minimum atomic E-state index is -0.657. The summed E-state index contributed by atoms with van der Waals surface area (Å²) in [6.07, 6.45) is 2.16. The Morgan fingerprint density at radius 1 is 1.16 bits per heavy atom. The first-order chi connectivity index (χ1) is 14.9. The molecule has 31 heavy (non-hydrogen) atoms.